The molecule has 3 aromatic heterocycles. The molecule has 3 heterocycles. The average Bonchev–Trinajstić information content (AvgIpc) is 3.22. The van der Waals surface area contributed by atoms with Crippen LogP contribution >= 0.6 is 11.3 Å². The van der Waals surface area contributed by atoms with Crippen molar-refractivity contribution < 1.29 is 9.53 Å². The van der Waals surface area contributed by atoms with Crippen LogP contribution in [0.3, 0.4) is 0 Å². The van der Waals surface area contributed by atoms with Gasteiger partial charge >= 0.3 is 5.97 Å². The van der Waals surface area contributed by atoms with Gasteiger partial charge in [-0.1, -0.05) is 30.3 Å². The van der Waals surface area contributed by atoms with Crippen molar-refractivity contribution in [2.24, 2.45) is 0 Å². The summed E-state index contributed by atoms with van der Waals surface area (Å²) in [4.78, 5) is 34.5. The Kier molecular flexibility index (Phi) is 4.29. The molecule has 0 N–H and O–H groups in total. The van der Waals surface area contributed by atoms with Gasteiger partial charge in [-0.3, -0.25) is 14.3 Å². The summed E-state index contributed by atoms with van der Waals surface area (Å²) in [5, 5.41) is 2.73. The lowest BCUT2D eigenvalue weighted by Gasteiger charge is -2.15. The van der Waals surface area contributed by atoms with Crippen LogP contribution in [0.15, 0.2) is 59.0 Å². The molecule has 134 valence electrons. The highest BCUT2D eigenvalue weighted by atomic mass is 32.1. The quantitative estimate of drug-likeness (QED) is 0.510. The molecule has 0 aliphatic heterocycles. The lowest BCUT2D eigenvalue weighted by molar-refractivity contribution is 0.0600. The largest absolute Gasteiger partial charge is 0.465 e. The number of esters is 1. The summed E-state index contributed by atoms with van der Waals surface area (Å²) in [5.41, 5.74) is 2.34. The summed E-state index contributed by atoms with van der Waals surface area (Å²) in [6, 6.07) is 11.1. The highest BCUT2D eigenvalue weighted by molar-refractivity contribution is 7.12. The van der Waals surface area contributed by atoms with Gasteiger partial charge in [-0.2, -0.15) is 0 Å². The third kappa shape index (κ3) is 2.82. The first-order valence-electron chi connectivity index (χ1n) is 8.21. The van der Waals surface area contributed by atoms with Crippen molar-refractivity contribution >= 4 is 28.2 Å². The van der Waals surface area contributed by atoms with Crippen LogP contribution in [-0.2, 0) is 4.74 Å². The van der Waals surface area contributed by atoms with E-state index in [9.17, 15) is 9.59 Å². The van der Waals surface area contributed by atoms with Gasteiger partial charge in [0, 0.05) is 23.3 Å². The minimum atomic E-state index is -0.523. The number of methoxy groups -OCH3 is 1. The van der Waals surface area contributed by atoms with Crippen LogP contribution in [-0.4, -0.2) is 27.6 Å². The number of hydrogen-bond donors (Lipinski definition) is 0. The first-order valence-corrected chi connectivity index (χ1v) is 9.09. The van der Waals surface area contributed by atoms with Crippen molar-refractivity contribution in [1.29, 1.82) is 0 Å². The van der Waals surface area contributed by atoms with Crippen LogP contribution in [0.25, 0.3) is 27.2 Å². The molecule has 7 heteroatoms. The first kappa shape index (κ1) is 17.1. The standard InChI is InChI=1S/C20H15N3O3S/c1-12-15(19(25)26-2)16(13-6-4-3-5-7-13)17-14(22-12)8-10-23(18(17)24)20-21-9-11-27-20/h3-11H,1-2H3. The Balaban J connectivity index is 2.18. The summed E-state index contributed by atoms with van der Waals surface area (Å²) in [6.07, 6.45) is 3.30. The van der Waals surface area contributed by atoms with Gasteiger partial charge in [-0.05, 0) is 18.6 Å². The normalized spacial score (nSPS) is 10.9. The number of pyridine rings is 2. The Morgan fingerprint density at radius 2 is 1.96 bits per heavy atom. The van der Waals surface area contributed by atoms with Gasteiger partial charge in [-0.25, -0.2) is 9.78 Å². The van der Waals surface area contributed by atoms with Gasteiger partial charge in [0.05, 0.1) is 29.3 Å². The second-order valence-electron chi connectivity index (χ2n) is 5.87. The zero-order chi connectivity index (χ0) is 19.0. The lowest BCUT2D eigenvalue weighted by Crippen LogP contribution is -2.20. The molecule has 0 amide bonds. The molecule has 0 fully saturated rings. The van der Waals surface area contributed by atoms with Gasteiger partial charge in [0.2, 0.25) is 0 Å². The highest BCUT2D eigenvalue weighted by Crippen LogP contribution is 2.32. The molecular formula is C20H15N3O3S. The average molecular weight is 377 g/mol. The predicted octanol–water partition coefficient (Wildman–Crippen LogP) is 3.60. The molecule has 0 saturated heterocycles. The molecule has 0 radical (unpaired) electrons. The highest BCUT2D eigenvalue weighted by Gasteiger charge is 2.23. The molecule has 1 aromatic carbocycles. The van der Waals surface area contributed by atoms with Crippen molar-refractivity contribution in [2.75, 3.05) is 7.11 Å². The Bertz CT molecular complexity index is 1200. The van der Waals surface area contributed by atoms with Crippen LogP contribution in [0.1, 0.15) is 16.1 Å². The van der Waals surface area contributed by atoms with E-state index in [1.165, 1.54) is 23.0 Å². The van der Waals surface area contributed by atoms with E-state index in [0.29, 0.717) is 32.9 Å². The van der Waals surface area contributed by atoms with E-state index in [1.807, 2.05) is 30.3 Å². The van der Waals surface area contributed by atoms with Crippen LogP contribution in [0, 0.1) is 6.92 Å². The summed E-state index contributed by atoms with van der Waals surface area (Å²) in [6.45, 7) is 1.74. The molecule has 27 heavy (non-hydrogen) atoms. The van der Waals surface area contributed by atoms with Gasteiger partial charge < -0.3 is 4.74 Å². The molecule has 0 bridgehead atoms. The molecule has 4 aromatic rings. The third-order valence-electron chi connectivity index (χ3n) is 4.30. The van der Waals surface area contributed by atoms with Crippen LogP contribution in [0.5, 0.6) is 0 Å². The number of carbonyl (C=O) groups is 1. The van der Waals surface area contributed by atoms with Gasteiger partial charge in [0.25, 0.3) is 5.56 Å². The summed E-state index contributed by atoms with van der Waals surface area (Å²) in [5.74, 6) is -0.523. The summed E-state index contributed by atoms with van der Waals surface area (Å²) in [7, 11) is 1.32. The first-order chi connectivity index (χ1) is 13.1. The number of nitrogens with zero attached hydrogens (tertiary/aromatic N) is 3. The number of ether oxygens (including phenoxy) is 1. The van der Waals surface area contributed by atoms with Gasteiger partial charge in [0.1, 0.15) is 0 Å². The molecule has 4 rings (SSSR count). The SMILES string of the molecule is COC(=O)c1c(C)nc2ccn(-c3nccs3)c(=O)c2c1-c1ccccc1. The molecule has 6 nitrogen and oxygen atoms in total. The van der Waals surface area contributed by atoms with Crippen molar-refractivity contribution in [3.63, 3.8) is 0 Å². The maximum Gasteiger partial charge on any atom is 0.340 e. The molecular weight excluding hydrogens is 362 g/mol. The van der Waals surface area contributed by atoms with Crippen molar-refractivity contribution in [1.82, 2.24) is 14.5 Å². The van der Waals surface area contributed by atoms with E-state index in [1.54, 1.807) is 30.8 Å². The third-order valence-corrected chi connectivity index (χ3v) is 5.07. The number of fused-ring (bicyclic) bond motifs is 1. The second-order valence-corrected chi connectivity index (χ2v) is 6.74. The van der Waals surface area contributed by atoms with E-state index in [0.717, 1.165) is 5.56 Å². The van der Waals surface area contributed by atoms with Crippen molar-refractivity contribution in [3.05, 3.63) is 75.8 Å². The minimum Gasteiger partial charge on any atom is -0.465 e. The van der Waals surface area contributed by atoms with Crippen molar-refractivity contribution in [2.45, 2.75) is 6.92 Å². The van der Waals surface area contributed by atoms with E-state index < -0.39 is 5.97 Å². The Morgan fingerprint density at radius 3 is 2.63 bits per heavy atom. The zero-order valence-electron chi connectivity index (χ0n) is 14.7. The number of thiazole rings is 1. The molecule has 0 atom stereocenters. The maximum absolute atomic E-state index is 13.3. The van der Waals surface area contributed by atoms with Crippen LogP contribution < -0.4 is 5.56 Å². The molecule has 0 aliphatic rings. The molecule has 0 saturated carbocycles. The Hall–Kier alpha value is -3.32. The summed E-state index contributed by atoms with van der Waals surface area (Å²) < 4.78 is 6.44. The van der Waals surface area contributed by atoms with Gasteiger partial charge in [-0.15, -0.1) is 11.3 Å². The topological polar surface area (TPSA) is 74.1 Å². The molecule has 0 unspecified atom stereocenters. The van der Waals surface area contributed by atoms with E-state index in [-0.39, 0.29) is 5.56 Å². The number of carbonyl (C=O) groups excluding carboxylic acids is 1. The van der Waals surface area contributed by atoms with Crippen LogP contribution in [0.4, 0.5) is 0 Å². The number of hydrogen-bond acceptors (Lipinski definition) is 6. The van der Waals surface area contributed by atoms with Gasteiger partial charge in [0.15, 0.2) is 5.13 Å². The van der Waals surface area contributed by atoms with E-state index in [2.05, 4.69) is 9.97 Å². The second kappa shape index (κ2) is 6.77. The monoisotopic (exact) mass is 377 g/mol. The Morgan fingerprint density at radius 1 is 1.19 bits per heavy atom. The zero-order valence-corrected chi connectivity index (χ0v) is 15.5. The minimum absolute atomic E-state index is 0.279. The summed E-state index contributed by atoms with van der Waals surface area (Å²) >= 11 is 1.36. The molecule has 0 aliphatic carbocycles. The number of benzene rings is 1. The fraction of sp³-hybridized carbons (Fsp3) is 0.100. The number of aryl methyl sites for hydroxylation is 1. The fourth-order valence-electron chi connectivity index (χ4n) is 3.13. The number of aromatic nitrogens is 3. The fourth-order valence-corrected chi connectivity index (χ4v) is 3.75. The lowest BCUT2D eigenvalue weighted by atomic mass is 9.95. The molecule has 0 spiro atoms. The number of rotatable bonds is 3. The maximum atomic E-state index is 13.3. The van der Waals surface area contributed by atoms with Crippen LogP contribution in [0.2, 0.25) is 0 Å². The Labute approximate surface area is 158 Å². The van der Waals surface area contributed by atoms with E-state index in [4.69, 9.17) is 4.74 Å². The predicted molar refractivity (Wildman–Crippen MR) is 105 cm³/mol. The van der Waals surface area contributed by atoms with E-state index >= 15 is 0 Å². The van der Waals surface area contributed by atoms with Crippen molar-refractivity contribution in [3.8, 4) is 16.3 Å². The smallest absolute Gasteiger partial charge is 0.340 e.